The van der Waals surface area contributed by atoms with Crippen molar-refractivity contribution in [1.82, 2.24) is 0 Å². The summed E-state index contributed by atoms with van der Waals surface area (Å²) in [4.78, 5) is 0. The molecule has 0 fully saturated rings. The van der Waals surface area contributed by atoms with E-state index < -0.39 is 0 Å². The molecule has 0 atom stereocenters. The van der Waals surface area contributed by atoms with Gasteiger partial charge in [-0.05, 0) is 193 Å². The quantitative estimate of drug-likeness (QED) is 0.115. The summed E-state index contributed by atoms with van der Waals surface area (Å²) >= 11 is 0. The van der Waals surface area contributed by atoms with Crippen molar-refractivity contribution in [3.63, 3.8) is 0 Å². The van der Waals surface area contributed by atoms with Gasteiger partial charge in [0.2, 0.25) is 0 Å². The molecule has 0 amide bonds. The summed E-state index contributed by atoms with van der Waals surface area (Å²) in [6.45, 7) is 11.4. The Morgan fingerprint density at radius 2 is 0.721 bits per heavy atom. The van der Waals surface area contributed by atoms with Crippen LogP contribution in [0.5, 0.6) is 0 Å². The Labute approximate surface area is 399 Å². The molecule has 0 N–H and O–H groups in total. The minimum Gasteiger partial charge on any atom is -0.0620 e. The maximum Gasteiger partial charge on any atom is -0.00199 e. The summed E-state index contributed by atoms with van der Waals surface area (Å²) in [5.41, 5.74) is 18.7. The van der Waals surface area contributed by atoms with Crippen LogP contribution in [0.1, 0.15) is 37.5 Å². The summed E-state index contributed by atoms with van der Waals surface area (Å²) in [7, 11) is 0. The highest BCUT2D eigenvalue weighted by Crippen LogP contribution is 2.50. The van der Waals surface area contributed by atoms with Crippen molar-refractivity contribution in [2.24, 2.45) is 0 Å². The zero-order valence-electron chi connectivity index (χ0n) is 39.4. The van der Waals surface area contributed by atoms with Crippen LogP contribution in [0.3, 0.4) is 0 Å². The van der Waals surface area contributed by atoms with E-state index in [0.717, 1.165) is 0 Å². The van der Waals surface area contributed by atoms with Crippen molar-refractivity contribution in [3.05, 3.63) is 241 Å². The highest BCUT2D eigenvalue weighted by atomic mass is 14.3. The molecule has 12 aromatic rings. The molecular formula is C68H52. The molecule has 0 aromatic heterocycles. The Balaban J connectivity index is 1.13. The third-order valence-electron chi connectivity index (χ3n) is 14.4. The van der Waals surface area contributed by atoms with E-state index in [1.165, 1.54) is 137 Å². The largest absolute Gasteiger partial charge is 0.0620 e. The molecule has 0 aliphatic rings. The number of rotatable bonds is 6. The van der Waals surface area contributed by atoms with Gasteiger partial charge >= 0.3 is 0 Å². The maximum absolute atomic E-state index is 2.46. The van der Waals surface area contributed by atoms with E-state index in [4.69, 9.17) is 0 Å². The minimum atomic E-state index is 0.0270. The lowest BCUT2D eigenvalue weighted by molar-refractivity contribution is 0.590. The first-order valence-corrected chi connectivity index (χ1v) is 24.0. The molecule has 0 heterocycles. The van der Waals surface area contributed by atoms with E-state index in [9.17, 15) is 0 Å². The second kappa shape index (κ2) is 16.4. The normalized spacial score (nSPS) is 11.9. The van der Waals surface area contributed by atoms with Gasteiger partial charge in [-0.2, -0.15) is 0 Å². The molecule has 12 aromatic carbocycles. The van der Waals surface area contributed by atoms with Gasteiger partial charge in [0.1, 0.15) is 0 Å². The number of fused-ring (bicyclic) bond motifs is 6. The van der Waals surface area contributed by atoms with Gasteiger partial charge in [-0.15, -0.1) is 0 Å². The van der Waals surface area contributed by atoms with Crippen LogP contribution >= 0.6 is 0 Å². The van der Waals surface area contributed by atoms with Gasteiger partial charge in [0, 0.05) is 0 Å². The number of hydrogen-bond donors (Lipinski definition) is 0. The van der Waals surface area contributed by atoms with E-state index >= 15 is 0 Å². The molecule has 68 heavy (non-hydrogen) atoms. The lowest BCUT2D eigenvalue weighted by Gasteiger charge is -2.23. The molecule has 0 nitrogen and oxygen atoms in total. The van der Waals surface area contributed by atoms with E-state index in [2.05, 4.69) is 259 Å². The van der Waals surface area contributed by atoms with Crippen LogP contribution in [0.4, 0.5) is 0 Å². The summed E-state index contributed by atoms with van der Waals surface area (Å²) in [5, 5.41) is 12.6. The standard InChI is InChI=1S/C68H52/c1-43-20-6-10-28-53(43)62-40-50(46-24-19-27-52(38-46)68(3,4)5)41-63(54-29-11-7-21-44(54)2)66(62)49-26-18-25-48(37-49)65-57-32-14-16-34-59(57)67(60-35-17-15-33-58(60)65)64-42-51-36-45-22-8-9-23-47(45)39-61(51)55-30-12-13-31-56(55)64/h6-42H,1-5H3. The summed E-state index contributed by atoms with van der Waals surface area (Å²) < 4.78 is 0. The van der Waals surface area contributed by atoms with Crippen molar-refractivity contribution < 1.29 is 0 Å². The molecule has 0 saturated carbocycles. The lowest BCUT2D eigenvalue weighted by atomic mass is 9.80. The Bertz CT molecular complexity index is 3840. The van der Waals surface area contributed by atoms with Crippen molar-refractivity contribution in [1.29, 1.82) is 0 Å². The molecule has 0 aliphatic carbocycles. The van der Waals surface area contributed by atoms with Crippen molar-refractivity contribution in [3.8, 4) is 66.8 Å². The Hall–Kier alpha value is -8.06. The van der Waals surface area contributed by atoms with Crippen LogP contribution in [0.2, 0.25) is 0 Å². The molecular weight excluding hydrogens is 817 g/mol. The first kappa shape index (κ1) is 41.4. The van der Waals surface area contributed by atoms with Gasteiger partial charge in [0.25, 0.3) is 0 Å². The molecule has 324 valence electrons. The third-order valence-corrected chi connectivity index (χ3v) is 14.4. The maximum atomic E-state index is 2.46. The van der Waals surface area contributed by atoms with Gasteiger partial charge in [-0.3, -0.25) is 0 Å². The monoisotopic (exact) mass is 868 g/mol. The fraction of sp³-hybridized carbons (Fsp3) is 0.0882. The van der Waals surface area contributed by atoms with Crippen molar-refractivity contribution >= 4 is 53.9 Å². The average Bonchev–Trinajstić information content (AvgIpc) is 3.37. The first-order valence-electron chi connectivity index (χ1n) is 24.0. The van der Waals surface area contributed by atoms with E-state index in [0.29, 0.717) is 0 Å². The molecule has 0 heteroatoms. The Morgan fingerprint density at radius 1 is 0.250 bits per heavy atom. The Morgan fingerprint density at radius 3 is 1.31 bits per heavy atom. The van der Waals surface area contributed by atoms with Crippen LogP contribution in [-0.4, -0.2) is 0 Å². The highest BCUT2D eigenvalue weighted by Gasteiger charge is 2.23. The summed E-state index contributed by atoms with van der Waals surface area (Å²) in [6.07, 6.45) is 0. The zero-order chi connectivity index (χ0) is 46.1. The molecule has 0 bridgehead atoms. The smallest absolute Gasteiger partial charge is 0.00199 e. The second-order valence-electron chi connectivity index (χ2n) is 19.7. The Kier molecular flexibility index (Phi) is 9.96. The van der Waals surface area contributed by atoms with E-state index in [-0.39, 0.29) is 5.41 Å². The van der Waals surface area contributed by atoms with Gasteiger partial charge in [-0.1, -0.05) is 209 Å². The molecule has 0 aliphatic heterocycles. The molecule has 0 unspecified atom stereocenters. The predicted molar refractivity (Wildman–Crippen MR) is 295 cm³/mol. The lowest BCUT2D eigenvalue weighted by Crippen LogP contribution is -2.10. The van der Waals surface area contributed by atoms with Crippen LogP contribution in [0, 0.1) is 13.8 Å². The van der Waals surface area contributed by atoms with E-state index in [1.54, 1.807) is 0 Å². The molecule has 0 spiro atoms. The molecule has 0 saturated heterocycles. The van der Waals surface area contributed by atoms with Crippen LogP contribution in [0.25, 0.3) is 121 Å². The molecule has 0 radical (unpaired) electrons. The number of hydrogen-bond acceptors (Lipinski definition) is 0. The van der Waals surface area contributed by atoms with Crippen molar-refractivity contribution in [2.75, 3.05) is 0 Å². The zero-order valence-corrected chi connectivity index (χ0v) is 39.4. The topological polar surface area (TPSA) is 0 Å². The fourth-order valence-electron chi connectivity index (χ4n) is 11.0. The summed E-state index contributed by atoms with van der Waals surface area (Å²) in [5.74, 6) is 0. The van der Waals surface area contributed by atoms with Gasteiger partial charge < -0.3 is 0 Å². The van der Waals surface area contributed by atoms with Crippen LogP contribution < -0.4 is 0 Å². The van der Waals surface area contributed by atoms with Gasteiger partial charge in [0.15, 0.2) is 0 Å². The second-order valence-corrected chi connectivity index (χ2v) is 19.7. The van der Waals surface area contributed by atoms with E-state index in [1.807, 2.05) is 0 Å². The average molecular weight is 869 g/mol. The predicted octanol–water partition coefficient (Wildman–Crippen LogP) is 19.4. The first-order chi connectivity index (χ1) is 33.2. The van der Waals surface area contributed by atoms with Gasteiger partial charge in [0.05, 0.1) is 0 Å². The van der Waals surface area contributed by atoms with Crippen LogP contribution in [0.15, 0.2) is 224 Å². The molecule has 12 rings (SSSR count). The van der Waals surface area contributed by atoms with Crippen molar-refractivity contribution in [2.45, 2.75) is 40.0 Å². The van der Waals surface area contributed by atoms with Gasteiger partial charge in [-0.25, -0.2) is 0 Å². The minimum absolute atomic E-state index is 0.0270. The number of aryl methyl sites for hydroxylation is 2. The fourth-order valence-corrected chi connectivity index (χ4v) is 11.0. The summed E-state index contributed by atoms with van der Waals surface area (Å²) in [6, 6.07) is 84.3. The SMILES string of the molecule is Cc1ccccc1-c1cc(-c2cccc(C(C)(C)C)c2)cc(-c2ccccc2C)c1-c1cccc(-c2c3ccccc3c(-c3cc4cc5ccccc5cc4c4ccccc34)c3ccccc23)c1. The third kappa shape index (κ3) is 6.99. The number of benzene rings is 12. The highest BCUT2D eigenvalue weighted by molar-refractivity contribution is 6.26. The van der Waals surface area contributed by atoms with Crippen LogP contribution in [-0.2, 0) is 5.41 Å².